The van der Waals surface area contributed by atoms with Crippen LogP contribution >= 0.6 is 27.5 Å². The largest absolute Gasteiger partial charge is 0.312 e. The van der Waals surface area contributed by atoms with Gasteiger partial charge in [0.15, 0.2) is 0 Å². The lowest BCUT2D eigenvalue weighted by molar-refractivity contribution is 0.102. The normalized spacial score (nSPS) is 10.5. The number of nitrogens with one attached hydrogen (secondary N) is 1. The SMILES string of the molecule is O=C(Nc1cc(-c2ccccc2)ns1)c1cc(Br)ccc1F. The molecule has 3 nitrogen and oxygen atoms in total. The number of rotatable bonds is 3. The van der Waals surface area contributed by atoms with E-state index < -0.39 is 11.7 Å². The van der Waals surface area contributed by atoms with Gasteiger partial charge in [0, 0.05) is 16.1 Å². The van der Waals surface area contributed by atoms with E-state index in [2.05, 4.69) is 25.6 Å². The first-order valence-electron chi connectivity index (χ1n) is 6.42. The summed E-state index contributed by atoms with van der Waals surface area (Å²) < 4.78 is 18.6. The number of aromatic nitrogens is 1. The fourth-order valence-corrected chi connectivity index (χ4v) is 2.95. The highest BCUT2D eigenvalue weighted by molar-refractivity contribution is 9.10. The molecule has 0 saturated carbocycles. The maximum absolute atomic E-state index is 13.7. The zero-order valence-electron chi connectivity index (χ0n) is 11.2. The van der Waals surface area contributed by atoms with Crippen LogP contribution in [0.15, 0.2) is 59.1 Å². The third-order valence-corrected chi connectivity index (χ3v) is 4.19. The Morgan fingerprint density at radius 2 is 1.91 bits per heavy atom. The molecule has 0 aliphatic heterocycles. The van der Waals surface area contributed by atoms with Crippen molar-refractivity contribution >= 4 is 38.4 Å². The number of nitrogens with zero attached hydrogens (tertiary/aromatic N) is 1. The Kier molecular flexibility index (Phi) is 4.31. The van der Waals surface area contributed by atoms with Crippen molar-refractivity contribution in [2.75, 3.05) is 5.32 Å². The molecular weight excluding hydrogens is 367 g/mol. The van der Waals surface area contributed by atoms with Crippen LogP contribution in [-0.2, 0) is 0 Å². The third kappa shape index (κ3) is 3.23. The topological polar surface area (TPSA) is 42.0 Å². The number of benzene rings is 2. The Hall–Kier alpha value is -2.05. The molecule has 1 aromatic heterocycles. The summed E-state index contributed by atoms with van der Waals surface area (Å²) in [6.07, 6.45) is 0. The molecule has 0 aliphatic carbocycles. The van der Waals surface area contributed by atoms with Crippen molar-refractivity contribution in [3.05, 3.63) is 70.5 Å². The molecule has 0 bridgehead atoms. The average Bonchev–Trinajstić information content (AvgIpc) is 2.99. The van der Waals surface area contributed by atoms with Gasteiger partial charge in [-0.25, -0.2) is 4.39 Å². The summed E-state index contributed by atoms with van der Waals surface area (Å²) in [5.41, 5.74) is 1.73. The number of anilines is 1. The highest BCUT2D eigenvalue weighted by Gasteiger charge is 2.14. The second-order valence-corrected chi connectivity index (χ2v) is 6.24. The summed E-state index contributed by atoms with van der Waals surface area (Å²) >= 11 is 4.39. The zero-order valence-corrected chi connectivity index (χ0v) is 13.6. The lowest BCUT2D eigenvalue weighted by Gasteiger charge is -2.03. The molecule has 1 heterocycles. The van der Waals surface area contributed by atoms with Crippen LogP contribution < -0.4 is 5.32 Å². The molecule has 0 saturated heterocycles. The number of carbonyl (C=O) groups is 1. The first-order chi connectivity index (χ1) is 10.6. The van der Waals surface area contributed by atoms with Gasteiger partial charge in [-0.1, -0.05) is 46.3 Å². The fraction of sp³-hybridized carbons (Fsp3) is 0. The average molecular weight is 377 g/mol. The Balaban J connectivity index is 1.81. The van der Waals surface area contributed by atoms with Gasteiger partial charge in [-0.3, -0.25) is 4.79 Å². The minimum absolute atomic E-state index is 0.0102. The molecule has 3 aromatic rings. The van der Waals surface area contributed by atoms with Crippen molar-refractivity contribution in [3.8, 4) is 11.3 Å². The van der Waals surface area contributed by atoms with E-state index in [1.54, 1.807) is 12.1 Å². The van der Waals surface area contributed by atoms with Gasteiger partial charge < -0.3 is 5.32 Å². The monoisotopic (exact) mass is 376 g/mol. The molecule has 0 fully saturated rings. The summed E-state index contributed by atoms with van der Waals surface area (Å²) in [5, 5.41) is 3.25. The zero-order chi connectivity index (χ0) is 15.5. The molecule has 3 rings (SSSR count). The molecule has 0 radical (unpaired) electrons. The van der Waals surface area contributed by atoms with Gasteiger partial charge in [-0.15, -0.1) is 0 Å². The van der Waals surface area contributed by atoms with E-state index in [1.807, 2.05) is 30.3 Å². The van der Waals surface area contributed by atoms with Gasteiger partial charge in [0.1, 0.15) is 10.8 Å². The molecule has 0 unspecified atom stereocenters. The molecule has 1 N–H and O–H groups in total. The molecule has 6 heteroatoms. The summed E-state index contributed by atoms with van der Waals surface area (Å²) in [4.78, 5) is 12.1. The van der Waals surface area contributed by atoms with Crippen LogP contribution in [-0.4, -0.2) is 10.3 Å². The molecule has 0 aliphatic rings. The molecule has 22 heavy (non-hydrogen) atoms. The highest BCUT2D eigenvalue weighted by Crippen LogP contribution is 2.26. The molecule has 1 amide bonds. The quantitative estimate of drug-likeness (QED) is 0.701. The van der Waals surface area contributed by atoms with Gasteiger partial charge in [-0.05, 0) is 29.7 Å². The number of halogens is 2. The van der Waals surface area contributed by atoms with Crippen molar-refractivity contribution in [2.24, 2.45) is 0 Å². The van der Waals surface area contributed by atoms with E-state index in [1.165, 1.54) is 12.1 Å². The van der Waals surface area contributed by atoms with Crippen LogP contribution in [0.1, 0.15) is 10.4 Å². The van der Waals surface area contributed by atoms with Gasteiger partial charge in [0.25, 0.3) is 5.91 Å². The second kappa shape index (κ2) is 6.37. The first-order valence-corrected chi connectivity index (χ1v) is 7.98. The van der Waals surface area contributed by atoms with Crippen molar-refractivity contribution in [2.45, 2.75) is 0 Å². The van der Waals surface area contributed by atoms with Gasteiger partial charge in [0.2, 0.25) is 0 Å². The van der Waals surface area contributed by atoms with Gasteiger partial charge >= 0.3 is 0 Å². The molecule has 2 aromatic carbocycles. The van der Waals surface area contributed by atoms with E-state index in [0.717, 1.165) is 22.8 Å². The fourth-order valence-electron chi connectivity index (χ4n) is 1.93. The van der Waals surface area contributed by atoms with Gasteiger partial charge in [-0.2, -0.15) is 4.37 Å². The van der Waals surface area contributed by atoms with Crippen molar-refractivity contribution in [1.29, 1.82) is 0 Å². The number of carbonyl (C=O) groups excluding carboxylic acids is 1. The van der Waals surface area contributed by atoms with E-state index in [0.29, 0.717) is 9.47 Å². The lowest BCUT2D eigenvalue weighted by atomic mass is 10.1. The molecule has 110 valence electrons. The maximum atomic E-state index is 13.7. The van der Waals surface area contributed by atoms with E-state index in [9.17, 15) is 9.18 Å². The number of amides is 1. The lowest BCUT2D eigenvalue weighted by Crippen LogP contribution is -2.12. The Morgan fingerprint density at radius 1 is 1.14 bits per heavy atom. The van der Waals surface area contributed by atoms with Crippen LogP contribution in [0, 0.1) is 5.82 Å². The molecular formula is C16H10BrFN2OS. The predicted molar refractivity (Wildman–Crippen MR) is 89.6 cm³/mol. The van der Waals surface area contributed by atoms with Crippen LogP contribution in [0.3, 0.4) is 0 Å². The Labute approximate surface area is 139 Å². The van der Waals surface area contributed by atoms with Crippen LogP contribution in [0.25, 0.3) is 11.3 Å². The van der Waals surface area contributed by atoms with Crippen LogP contribution in [0.4, 0.5) is 9.39 Å². The first kappa shape index (κ1) is 14.9. The van der Waals surface area contributed by atoms with Gasteiger partial charge in [0.05, 0.1) is 11.3 Å². The summed E-state index contributed by atoms with van der Waals surface area (Å²) in [5.74, 6) is -1.06. The maximum Gasteiger partial charge on any atom is 0.259 e. The number of hydrogen-bond donors (Lipinski definition) is 1. The van der Waals surface area contributed by atoms with E-state index in [-0.39, 0.29) is 5.56 Å². The van der Waals surface area contributed by atoms with Crippen molar-refractivity contribution in [1.82, 2.24) is 4.37 Å². The smallest absolute Gasteiger partial charge is 0.259 e. The highest BCUT2D eigenvalue weighted by atomic mass is 79.9. The standard InChI is InChI=1S/C16H10BrFN2OS/c17-11-6-7-13(18)12(8-11)16(21)19-15-9-14(20-22-15)10-4-2-1-3-5-10/h1-9H,(H,19,21). The Morgan fingerprint density at radius 3 is 2.68 bits per heavy atom. The van der Waals surface area contributed by atoms with Crippen molar-refractivity contribution in [3.63, 3.8) is 0 Å². The summed E-state index contributed by atoms with van der Waals surface area (Å²) in [6.45, 7) is 0. The van der Waals surface area contributed by atoms with E-state index >= 15 is 0 Å². The third-order valence-electron chi connectivity index (χ3n) is 2.99. The van der Waals surface area contributed by atoms with Crippen LogP contribution in [0.5, 0.6) is 0 Å². The second-order valence-electron chi connectivity index (χ2n) is 4.52. The summed E-state index contributed by atoms with van der Waals surface area (Å²) in [6, 6.07) is 15.7. The van der Waals surface area contributed by atoms with Crippen molar-refractivity contribution < 1.29 is 9.18 Å². The number of hydrogen-bond acceptors (Lipinski definition) is 3. The minimum atomic E-state index is -0.562. The van der Waals surface area contributed by atoms with E-state index in [4.69, 9.17) is 0 Å². The Bertz CT molecular complexity index is 820. The van der Waals surface area contributed by atoms with Crippen LogP contribution in [0.2, 0.25) is 0 Å². The minimum Gasteiger partial charge on any atom is -0.312 e. The predicted octanol–water partition coefficient (Wildman–Crippen LogP) is 4.96. The molecule has 0 spiro atoms. The molecule has 0 atom stereocenters. The summed E-state index contributed by atoms with van der Waals surface area (Å²) in [7, 11) is 0.